The first-order valence-corrected chi connectivity index (χ1v) is 6.08. The smallest absolute Gasteiger partial charge is 0.148 e. The number of rotatable bonds is 0. The maximum absolute atomic E-state index is 9.68. The van der Waals surface area contributed by atoms with Gasteiger partial charge in [-0.15, -0.1) is 0 Å². The average Bonchev–Trinajstić information content (AvgIpc) is 1.97. The fourth-order valence-electron chi connectivity index (χ4n) is 1.27. The van der Waals surface area contributed by atoms with E-state index in [-0.39, 0.29) is 11.2 Å². The molecule has 0 aliphatic carbocycles. The van der Waals surface area contributed by atoms with Gasteiger partial charge in [-0.05, 0) is 33.0 Å². The van der Waals surface area contributed by atoms with Gasteiger partial charge in [0.2, 0.25) is 0 Å². The maximum atomic E-state index is 9.68. The third-order valence-electron chi connectivity index (χ3n) is 1.90. The molecule has 0 fully saturated rings. The van der Waals surface area contributed by atoms with E-state index in [0.717, 1.165) is 10.0 Å². The van der Waals surface area contributed by atoms with Crippen LogP contribution in [0.4, 0.5) is 0 Å². The highest BCUT2D eigenvalue weighted by Gasteiger charge is 2.24. The summed E-state index contributed by atoms with van der Waals surface area (Å²) >= 11 is 12.8. The standard InChI is InChI=1S/C10H11Br2ClO/c1-10(2,3)7-5(11)4-6(12)9(14)8(7)13/h4,14H,1-3H3. The highest BCUT2D eigenvalue weighted by Crippen LogP contribution is 2.44. The van der Waals surface area contributed by atoms with Gasteiger partial charge in [-0.2, -0.15) is 0 Å². The highest BCUT2D eigenvalue weighted by atomic mass is 79.9. The first-order valence-electron chi connectivity index (χ1n) is 4.12. The molecule has 0 heterocycles. The van der Waals surface area contributed by atoms with Crippen LogP contribution in [0.5, 0.6) is 5.75 Å². The normalized spacial score (nSPS) is 11.9. The molecular weight excluding hydrogens is 331 g/mol. The van der Waals surface area contributed by atoms with E-state index in [1.807, 2.05) is 26.8 Å². The van der Waals surface area contributed by atoms with E-state index >= 15 is 0 Å². The molecule has 0 saturated carbocycles. The van der Waals surface area contributed by atoms with Gasteiger partial charge in [0.25, 0.3) is 0 Å². The molecule has 14 heavy (non-hydrogen) atoms. The van der Waals surface area contributed by atoms with Crippen LogP contribution in [0.15, 0.2) is 15.0 Å². The van der Waals surface area contributed by atoms with Gasteiger partial charge in [-0.25, -0.2) is 0 Å². The molecule has 0 bridgehead atoms. The van der Waals surface area contributed by atoms with Crippen molar-refractivity contribution in [1.82, 2.24) is 0 Å². The second-order valence-corrected chi connectivity index (χ2v) is 6.21. The SMILES string of the molecule is CC(C)(C)c1c(Br)cc(Br)c(O)c1Cl. The minimum atomic E-state index is -0.103. The summed E-state index contributed by atoms with van der Waals surface area (Å²) in [5.74, 6) is 0.0970. The molecule has 1 aromatic rings. The zero-order valence-electron chi connectivity index (χ0n) is 8.16. The van der Waals surface area contributed by atoms with Crippen LogP contribution in [0.2, 0.25) is 5.02 Å². The Morgan fingerprint density at radius 2 is 1.71 bits per heavy atom. The lowest BCUT2D eigenvalue weighted by molar-refractivity contribution is 0.467. The number of hydrogen-bond acceptors (Lipinski definition) is 1. The Morgan fingerprint density at radius 3 is 2.14 bits per heavy atom. The van der Waals surface area contributed by atoms with E-state index in [2.05, 4.69) is 31.9 Å². The predicted molar refractivity (Wildman–Crippen MR) is 67.2 cm³/mol. The molecule has 1 rings (SSSR count). The van der Waals surface area contributed by atoms with Gasteiger partial charge in [0, 0.05) is 4.47 Å². The number of hydrogen-bond donors (Lipinski definition) is 1. The molecule has 0 aromatic heterocycles. The largest absolute Gasteiger partial charge is 0.505 e. The van der Waals surface area contributed by atoms with Crippen molar-refractivity contribution in [2.24, 2.45) is 0 Å². The van der Waals surface area contributed by atoms with Crippen molar-refractivity contribution >= 4 is 43.5 Å². The van der Waals surface area contributed by atoms with Crippen molar-refractivity contribution in [2.45, 2.75) is 26.2 Å². The fourth-order valence-corrected chi connectivity index (χ4v) is 3.74. The van der Waals surface area contributed by atoms with Crippen molar-refractivity contribution in [3.63, 3.8) is 0 Å². The van der Waals surface area contributed by atoms with Gasteiger partial charge in [0.05, 0.1) is 9.50 Å². The number of benzene rings is 1. The number of phenols is 1. The van der Waals surface area contributed by atoms with Crippen molar-refractivity contribution < 1.29 is 5.11 Å². The van der Waals surface area contributed by atoms with E-state index in [1.165, 1.54) is 0 Å². The van der Waals surface area contributed by atoms with Gasteiger partial charge >= 0.3 is 0 Å². The van der Waals surface area contributed by atoms with Crippen LogP contribution >= 0.6 is 43.5 Å². The molecule has 1 nitrogen and oxygen atoms in total. The molecule has 1 N–H and O–H groups in total. The molecule has 1 aromatic carbocycles. The summed E-state index contributed by atoms with van der Waals surface area (Å²) in [6.07, 6.45) is 0. The Bertz CT molecular complexity index is 369. The molecule has 0 aliphatic rings. The van der Waals surface area contributed by atoms with Crippen molar-refractivity contribution in [3.8, 4) is 5.75 Å². The topological polar surface area (TPSA) is 20.2 Å². The molecule has 0 atom stereocenters. The first-order chi connectivity index (χ1) is 6.25. The number of aromatic hydroxyl groups is 1. The monoisotopic (exact) mass is 340 g/mol. The predicted octanol–water partition coefficient (Wildman–Crippen LogP) is 4.87. The van der Waals surface area contributed by atoms with Crippen LogP contribution in [-0.2, 0) is 5.41 Å². The summed E-state index contributed by atoms with van der Waals surface area (Å²) in [7, 11) is 0. The summed E-state index contributed by atoms with van der Waals surface area (Å²) in [5.41, 5.74) is 0.813. The Morgan fingerprint density at radius 1 is 1.21 bits per heavy atom. The van der Waals surface area contributed by atoms with E-state index in [9.17, 15) is 5.11 Å². The third kappa shape index (κ3) is 2.26. The summed E-state index contributed by atoms with van der Waals surface area (Å²) in [5, 5.41) is 10.1. The molecule has 0 radical (unpaired) electrons. The van der Waals surface area contributed by atoms with Crippen molar-refractivity contribution in [1.29, 1.82) is 0 Å². The maximum Gasteiger partial charge on any atom is 0.148 e. The minimum absolute atomic E-state index is 0.0970. The van der Waals surface area contributed by atoms with Crippen LogP contribution in [0, 0.1) is 0 Å². The highest BCUT2D eigenvalue weighted by molar-refractivity contribution is 9.11. The lowest BCUT2D eigenvalue weighted by Crippen LogP contribution is -2.12. The second kappa shape index (κ2) is 4.03. The molecule has 0 aliphatic heterocycles. The summed E-state index contributed by atoms with van der Waals surface area (Å²) in [4.78, 5) is 0. The van der Waals surface area contributed by atoms with Crippen LogP contribution in [0.25, 0.3) is 0 Å². The van der Waals surface area contributed by atoms with Crippen LogP contribution in [0.1, 0.15) is 26.3 Å². The fraction of sp³-hybridized carbons (Fsp3) is 0.400. The Labute approximate surface area is 106 Å². The van der Waals surface area contributed by atoms with E-state index < -0.39 is 0 Å². The Kier molecular flexibility index (Phi) is 3.55. The van der Waals surface area contributed by atoms with Crippen molar-refractivity contribution in [3.05, 3.63) is 25.6 Å². The van der Waals surface area contributed by atoms with Gasteiger partial charge in [-0.3, -0.25) is 0 Å². The van der Waals surface area contributed by atoms with Gasteiger partial charge in [0.15, 0.2) is 0 Å². The van der Waals surface area contributed by atoms with Crippen LogP contribution in [-0.4, -0.2) is 5.11 Å². The average molecular weight is 342 g/mol. The number of halogens is 3. The first kappa shape index (κ1) is 12.3. The van der Waals surface area contributed by atoms with E-state index in [4.69, 9.17) is 11.6 Å². The zero-order valence-corrected chi connectivity index (χ0v) is 12.1. The summed E-state index contributed by atoms with van der Waals surface area (Å²) < 4.78 is 1.50. The Hall–Kier alpha value is 0.270. The zero-order chi connectivity index (χ0) is 11.1. The summed E-state index contributed by atoms with van der Waals surface area (Å²) in [6, 6.07) is 1.81. The lowest BCUT2D eigenvalue weighted by Gasteiger charge is -2.23. The van der Waals surface area contributed by atoms with Gasteiger partial charge in [-0.1, -0.05) is 48.3 Å². The van der Waals surface area contributed by atoms with E-state index in [1.54, 1.807) is 0 Å². The molecule has 78 valence electrons. The van der Waals surface area contributed by atoms with Gasteiger partial charge < -0.3 is 5.11 Å². The van der Waals surface area contributed by atoms with Crippen molar-refractivity contribution in [2.75, 3.05) is 0 Å². The number of phenolic OH excluding ortho intramolecular Hbond substituents is 1. The van der Waals surface area contributed by atoms with Crippen LogP contribution in [0.3, 0.4) is 0 Å². The second-order valence-electron chi connectivity index (χ2n) is 4.13. The molecule has 4 heteroatoms. The lowest BCUT2D eigenvalue weighted by atomic mass is 9.87. The minimum Gasteiger partial charge on any atom is -0.505 e. The molecule has 0 saturated heterocycles. The third-order valence-corrected chi connectivity index (χ3v) is 3.49. The van der Waals surface area contributed by atoms with Crippen LogP contribution < -0.4 is 0 Å². The quantitative estimate of drug-likeness (QED) is 0.713. The molecule has 0 amide bonds. The molecular formula is C10H11Br2ClO. The Balaban J connectivity index is 3.53. The molecule has 0 spiro atoms. The van der Waals surface area contributed by atoms with E-state index in [0.29, 0.717) is 9.50 Å². The van der Waals surface area contributed by atoms with Gasteiger partial charge in [0.1, 0.15) is 5.75 Å². The molecule has 0 unspecified atom stereocenters. The summed E-state index contributed by atoms with van der Waals surface area (Å²) in [6.45, 7) is 6.14.